The van der Waals surface area contributed by atoms with Crippen molar-refractivity contribution in [2.45, 2.75) is 45.2 Å². The van der Waals surface area contributed by atoms with Gasteiger partial charge in [-0.2, -0.15) is 0 Å². The van der Waals surface area contributed by atoms with Crippen LogP contribution in [0.15, 0.2) is 48.5 Å². The van der Waals surface area contributed by atoms with Gasteiger partial charge in [-0.25, -0.2) is 0 Å². The number of methoxy groups -OCH3 is 1. The Morgan fingerprint density at radius 1 is 1.08 bits per heavy atom. The number of anilines is 1. The summed E-state index contributed by atoms with van der Waals surface area (Å²) < 4.78 is 5.65. The number of amides is 2. The fourth-order valence-corrected chi connectivity index (χ4v) is 5.36. The van der Waals surface area contributed by atoms with Gasteiger partial charge in [0, 0.05) is 56.9 Å². The third-order valence-electron chi connectivity index (χ3n) is 7.45. The predicted octanol–water partition coefficient (Wildman–Crippen LogP) is 4.16. The number of nitrogens with one attached hydrogen (secondary N) is 1. The molecule has 2 aliphatic rings. The molecule has 2 unspecified atom stereocenters. The number of rotatable bonds is 9. The summed E-state index contributed by atoms with van der Waals surface area (Å²) in [6.45, 7) is 7.90. The second kappa shape index (κ2) is 12.4. The minimum Gasteiger partial charge on any atom is -0.496 e. The number of nitrogens with zero attached hydrogens (tertiary/aromatic N) is 3. The normalized spacial score (nSPS) is 21.4. The van der Waals surface area contributed by atoms with E-state index < -0.39 is 0 Å². The van der Waals surface area contributed by atoms with E-state index in [1.807, 2.05) is 41.3 Å². The van der Waals surface area contributed by atoms with Gasteiger partial charge in [-0.3, -0.25) is 14.5 Å². The highest BCUT2D eigenvalue weighted by Crippen LogP contribution is 2.41. The Kier molecular flexibility index (Phi) is 8.99. The van der Waals surface area contributed by atoms with Gasteiger partial charge in [0.15, 0.2) is 0 Å². The van der Waals surface area contributed by atoms with Crippen molar-refractivity contribution in [3.63, 3.8) is 0 Å². The highest BCUT2D eigenvalue weighted by molar-refractivity contribution is 5.95. The lowest BCUT2D eigenvalue weighted by atomic mass is 9.83. The zero-order valence-corrected chi connectivity index (χ0v) is 21.9. The van der Waals surface area contributed by atoms with Crippen molar-refractivity contribution in [2.75, 3.05) is 52.2 Å². The number of hydrogen-bond donors (Lipinski definition) is 1. The molecule has 2 atom stereocenters. The number of likely N-dealkylation sites (N-methyl/N-ethyl adjacent to an activating group) is 1. The molecule has 2 aromatic carbocycles. The maximum absolute atomic E-state index is 13.7. The molecule has 2 aromatic rings. The molecule has 36 heavy (non-hydrogen) atoms. The second-order valence-corrected chi connectivity index (χ2v) is 10.0. The zero-order valence-electron chi connectivity index (χ0n) is 21.9. The molecule has 0 aliphatic carbocycles. The number of piperidine rings is 1. The largest absolute Gasteiger partial charge is 0.496 e. The molecule has 4 rings (SSSR count). The van der Waals surface area contributed by atoms with Crippen molar-refractivity contribution >= 4 is 17.5 Å². The quantitative estimate of drug-likeness (QED) is 0.570. The summed E-state index contributed by atoms with van der Waals surface area (Å²) >= 11 is 0. The highest BCUT2D eigenvalue weighted by atomic mass is 16.5. The lowest BCUT2D eigenvalue weighted by molar-refractivity contribution is -0.142. The molecule has 7 heteroatoms. The monoisotopic (exact) mass is 492 g/mol. The first-order chi connectivity index (χ1) is 17.5. The van der Waals surface area contributed by atoms with Gasteiger partial charge in [0.25, 0.3) is 0 Å². The van der Waals surface area contributed by atoms with Crippen molar-refractivity contribution in [3.8, 4) is 5.75 Å². The van der Waals surface area contributed by atoms with E-state index in [9.17, 15) is 9.59 Å². The van der Waals surface area contributed by atoms with Gasteiger partial charge in [0.1, 0.15) is 5.75 Å². The molecule has 0 spiro atoms. The minimum absolute atomic E-state index is 0.0448. The van der Waals surface area contributed by atoms with Crippen molar-refractivity contribution in [3.05, 3.63) is 59.7 Å². The first-order valence-corrected chi connectivity index (χ1v) is 13.2. The summed E-state index contributed by atoms with van der Waals surface area (Å²) in [5.41, 5.74) is 2.90. The number of carbonyl (C=O) groups excluding carboxylic acids is 2. The van der Waals surface area contributed by atoms with Crippen LogP contribution in [0.1, 0.15) is 49.8 Å². The van der Waals surface area contributed by atoms with Crippen LogP contribution in [0.25, 0.3) is 0 Å². The number of benzene rings is 2. The van der Waals surface area contributed by atoms with Crippen LogP contribution in [0.3, 0.4) is 0 Å². The number of likely N-dealkylation sites (tertiary alicyclic amines) is 1. The maximum Gasteiger partial charge on any atom is 0.229 e. The summed E-state index contributed by atoms with van der Waals surface area (Å²) in [5.74, 6) is 0.428. The standard InChI is InChI=1S/C29H40N4O3/c1-4-5-15-33-27(34)14-13-25(28(33)24-11-6-7-12-26(24)36-3)29(35)30-23-10-8-9-22(20-23)21-32-18-16-31(2)17-19-32/h6-12,20,25,28H,4-5,13-19,21H2,1-3H3,(H,30,35). The van der Waals surface area contributed by atoms with E-state index in [1.54, 1.807) is 7.11 Å². The van der Waals surface area contributed by atoms with Gasteiger partial charge in [0.2, 0.25) is 11.8 Å². The zero-order chi connectivity index (χ0) is 25.5. The first kappa shape index (κ1) is 26.2. The van der Waals surface area contributed by atoms with Gasteiger partial charge in [-0.05, 0) is 43.7 Å². The number of piperazine rings is 1. The van der Waals surface area contributed by atoms with Crippen LogP contribution in [0, 0.1) is 5.92 Å². The molecule has 7 nitrogen and oxygen atoms in total. The Hall–Kier alpha value is -2.90. The van der Waals surface area contributed by atoms with E-state index in [-0.39, 0.29) is 23.8 Å². The van der Waals surface area contributed by atoms with Gasteiger partial charge >= 0.3 is 0 Å². The van der Waals surface area contributed by atoms with E-state index in [0.717, 1.165) is 56.8 Å². The lowest BCUT2D eigenvalue weighted by Crippen LogP contribution is -2.47. The Bertz CT molecular complexity index is 1030. The summed E-state index contributed by atoms with van der Waals surface area (Å²) in [4.78, 5) is 33.4. The fourth-order valence-electron chi connectivity index (χ4n) is 5.36. The van der Waals surface area contributed by atoms with Crippen LogP contribution >= 0.6 is 0 Å². The Morgan fingerprint density at radius 2 is 1.86 bits per heavy atom. The highest BCUT2D eigenvalue weighted by Gasteiger charge is 2.41. The second-order valence-electron chi connectivity index (χ2n) is 10.0. The number of carbonyl (C=O) groups is 2. The van der Waals surface area contributed by atoms with Crippen LogP contribution in [0.4, 0.5) is 5.69 Å². The molecule has 0 radical (unpaired) electrons. The first-order valence-electron chi connectivity index (χ1n) is 13.2. The number of unbranched alkanes of at least 4 members (excludes halogenated alkanes) is 1. The summed E-state index contributed by atoms with van der Waals surface area (Å²) in [6.07, 6.45) is 2.80. The Morgan fingerprint density at radius 3 is 2.61 bits per heavy atom. The molecular weight excluding hydrogens is 452 g/mol. The van der Waals surface area contributed by atoms with Crippen LogP contribution in [-0.2, 0) is 16.1 Å². The van der Waals surface area contributed by atoms with Gasteiger partial charge in [-0.1, -0.05) is 43.7 Å². The summed E-state index contributed by atoms with van der Waals surface area (Å²) in [6, 6.07) is 15.6. The smallest absolute Gasteiger partial charge is 0.229 e. The SMILES string of the molecule is CCCCN1C(=O)CCC(C(=O)Nc2cccc(CN3CCN(C)CC3)c2)C1c1ccccc1OC. The molecule has 0 bridgehead atoms. The van der Waals surface area contributed by atoms with Crippen molar-refractivity contribution in [2.24, 2.45) is 5.92 Å². The van der Waals surface area contributed by atoms with Gasteiger partial charge < -0.3 is 19.9 Å². The van der Waals surface area contributed by atoms with E-state index in [0.29, 0.717) is 25.1 Å². The van der Waals surface area contributed by atoms with E-state index in [1.165, 1.54) is 5.56 Å². The van der Waals surface area contributed by atoms with Gasteiger partial charge in [-0.15, -0.1) is 0 Å². The summed E-state index contributed by atoms with van der Waals surface area (Å²) in [5, 5.41) is 3.18. The molecule has 2 aliphatic heterocycles. The van der Waals surface area contributed by atoms with Crippen LogP contribution in [-0.4, -0.2) is 73.4 Å². The third-order valence-corrected chi connectivity index (χ3v) is 7.45. The minimum atomic E-state index is -0.350. The average molecular weight is 493 g/mol. The van der Waals surface area contributed by atoms with E-state index >= 15 is 0 Å². The molecule has 0 aromatic heterocycles. The van der Waals surface area contributed by atoms with Crippen molar-refractivity contribution < 1.29 is 14.3 Å². The van der Waals surface area contributed by atoms with Crippen LogP contribution in [0.5, 0.6) is 5.75 Å². The molecule has 1 N–H and O–H groups in total. The fraction of sp³-hybridized carbons (Fsp3) is 0.517. The molecule has 2 heterocycles. The molecule has 194 valence electrons. The molecular formula is C29H40N4O3. The van der Waals surface area contributed by atoms with Crippen molar-refractivity contribution in [1.82, 2.24) is 14.7 Å². The maximum atomic E-state index is 13.7. The predicted molar refractivity (Wildman–Crippen MR) is 143 cm³/mol. The van der Waals surface area contributed by atoms with Crippen LogP contribution < -0.4 is 10.1 Å². The molecule has 2 fully saturated rings. The lowest BCUT2D eigenvalue weighted by Gasteiger charge is -2.41. The number of para-hydroxylation sites is 1. The number of ether oxygens (including phenoxy) is 1. The third kappa shape index (κ3) is 6.26. The van der Waals surface area contributed by atoms with E-state index in [2.05, 4.69) is 41.2 Å². The van der Waals surface area contributed by atoms with E-state index in [4.69, 9.17) is 4.74 Å². The molecule has 2 saturated heterocycles. The van der Waals surface area contributed by atoms with Crippen LogP contribution in [0.2, 0.25) is 0 Å². The van der Waals surface area contributed by atoms with Crippen molar-refractivity contribution in [1.29, 1.82) is 0 Å². The topological polar surface area (TPSA) is 65.1 Å². The number of hydrogen-bond acceptors (Lipinski definition) is 5. The Labute approximate surface area is 215 Å². The average Bonchev–Trinajstić information content (AvgIpc) is 2.89. The summed E-state index contributed by atoms with van der Waals surface area (Å²) in [7, 11) is 3.80. The van der Waals surface area contributed by atoms with Gasteiger partial charge in [0.05, 0.1) is 19.1 Å². The molecule has 0 saturated carbocycles. The molecule has 2 amide bonds. The Balaban J connectivity index is 1.54.